The Labute approximate surface area is 172 Å². The van der Waals surface area contributed by atoms with E-state index < -0.39 is 0 Å². The second-order valence-electron chi connectivity index (χ2n) is 7.77. The summed E-state index contributed by atoms with van der Waals surface area (Å²) in [6, 6.07) is 9.75. The van der Waals surface area contributed by atoms with Crippen molar-refractivity contribution in [1.29, 1.82) is 0 Å². The largest absolute Gasteiger partial charge is 0.335 e. The minimum absolute atomic E-state index is 0.0395. The van der Waals surface area contributed by atoms with Gasteiger partial charge >= 0.3 is 0 Å². The highest BCUT2D eigenvalue weighted by molar-refractivity contribution is 6.05. The van der Waals surface area contributed by atoms with E-state index in [9.17, 15) is 4.79 Å². The number of aromatic nitrogens is 6. The molecule has 152 valence electrons. The van der Waals surface area contributed by atoms with Gasteiger partial charge in [0.05, 0.1) is 12.2 Å². The molecule has 4 heterocycles. The van der Waals surface area contributed by atoms with Gasteiger partial charge in [-0.1, -0.05) is 48.5 Å². The van der Waals surface area contributed by atoms with Gasteiger partial charge in [0.15, 0.2) is 11.5 Å². The van der Waals surface area contributed by atoms with E-state index in [0.717, 1.165) is 17.2 Å². The van der Waals surface area contributed by atoms with E-state index in [0.29, 0.717) is 36.2 Å². The third-order valence-electron chi connectivity index (χ3n) is 5.39. The highest BCUT2D eigenvalue weighted by atomic mass is 16.5. The third kappa shape index (κ3) is 3.22. The van der Waals surface area contributed by atoms with E-state index >= 15 is 0 Å². The van der Waals surface area contributed by atoms with E-state index in [1.807, 2.05) is 49.1 Å². The lowest BCUT2D eigenvalue weighted by Gasteiger charge is -2.17. The summed E-state index contributed by atoms with van der Waals surface area (Å²) in [6.07, 6.45) is 4.27. The van der Waals surface area contributed by atoms with Gasteiger partial charge in [-0.2, -0.15) is 4.98 Å². The molecule has 0 saturated carbocycles. The van der Waals surface area contributed by atoms with Crippen LogP contribution in [0.2, 0.25) is 0 Å². The lowest BCUT2D eigenvalue weighted by atomic mass is 10.1. The maximum atomic E-state index is 13.1. The second-order valence-corrected chi connectivity index (χ2v) is 7.77. The highest BCUT2D eigenvalue weighted by Crippen LogP contribution is 2.26. The SMILES string of the molecule is CC(C)c1noc(-c2cn(C3CCN(C(=O)c4nccc5ccccc45)C3)nn2)n1. The molecule has 0 N–H and O–H groups in total. The van der Waals surface area contributed by atoms with Gasteiger partial charge in [0, 0.05) is 30.6 Å². The number of likely N-dealkylation sites (tertiary alicyclic amines) is 1. The maximum Gasteiger partial charge on any atom is 0.280 e. The summed E-state index contributed by atoms with van der Waals surface area (Å²) in [4.78, 5) is 23.7. The molecule has 0 aliphatic carbocycles. The van der Waals surface area contributed by atoms with Crippen molar-refractivity contribution in [3.8, 4) is 11.6 Å². The van der Waals surface area contributed by atoms with Gasteiger partial charge in [-0.15, -0.1) is 5.10 Å². The quantitative estimate of drug-likeness (QED) is 0.516. The Balaban J connectivity index is 1.33. The second kappa shape index (κ2) is 7.33. The van der Waals surface area contributed by atoms with Crippen LogP contribution >= 0.6 is 0 Å². The molecule has 1 amide bonds. The van der Waals surface area contributed by atoms with Gasteiger partial charge < -0.3 is 9.42 Å². The van der Waals surface area contributed by atoms with Gasteiger partial charge in [-0.05, 0) is 17.9 Å². The van der Waals surface area contributed by atoms with Crippen LogP contribution < -0.4 is 0 Å². The van der Waals surface area contributed by atoms with Crippen LogP contribution in [0.25, 0.3) is 22.4 Å². The van der Waals surface area contributed by atoms with Crippen molar-refractivity contribution in [2.75, 3.05) is 13.1 Å². The highest BCUT2D eigenvalue weighted by Gasteiger charge is 2.30. The molecule has 3 aromatic heterocycles. The lowest BCUT2D eigenvalue weighted by molar-refractivity contribution is 0.0783. The predicted molar refractivity (Wildman–Crippen MR) is 109 cm³/mol. The van der Waals surface area contributed by atoms with Crippen LogP contribution in [-0.4, -0.2) is 54.0 Å². The fourth-order valence-electron chi connectivity index (χ4n) is 3.71. The van der Waals surface area contributed by atoms with Crippen LogP contribution in [-0.2, 0) is 0 Å². The zero-order valence-electron chi connectivity index (χ0n) is 16.8. The van der Waals surface area contributed by atoms with E-state index in [4.69, 9.17) is 4.52 Å². The Hall–Kier alpha value is -3.62. The molecule has 1 unspecified atom stereocenters. The smallest absolute Gasteiger partial charge is 0.280 e. The van der Waals surface area contributed by atoms with E-state index in [2.05, 4.69) is 25.4 Å². The number of rotatable bonds is 4. The third-order valence-corrected chi connectivity index (χ3v) is 5.39. The summed E-state index contributed by atoms with van der Waals surface area (Å²) in [5, 5.41) is 14.3. The van der Waals surface area contributed by atoms with Crippen LogP contribution in [0.1, 0.15) is 48.5 Å². The summed E-state index contributed by atoms with van der Waals surface area (Å²) >= 11 is 0. The van der Waals surface area contributed by atoms with Crippen molar-refractivity contribution in [1.82, 2.24) is 35.0 Å². The van der Waals surface area contributed by atoms with Crippen LogP contribution in [0.5, 0.6) is 0 Å². The fourth-order valence-corrected chi connectivity index (χ4v) is 3.71. The Morgan fingerprint density at radius 1 is 1.23 bits per heavy atom. The average molecular weight is 403 g/mol. The first-order valence-electron chi connectivity index (χ1n) is 9.99. The zero-order valence-corrected chi connectivity index (χ0v) is 16.8. The van der Waals surface area contributed by atoms with Crippen molar-refractivity contribution in [3.05, 3.63) is 54.2 Å². The molecular weight excluding hydrogens is 382 g/mol. The van der Waals surface area contributed by atoms with Gasteiger partial charge in [-0.3, -0.25) is 9.78 Å². The molecule has 0 spiro atoms. The van der Waals surface area contributed by atoms with Crippen molar-refractivity contribution in [3.63, 3.8) is 0 Å². The average Bonchev–Trinajstić information content (AvgIpc) is 3.52. The van der Waals surface area contributed by atoms with Crippen LogP contribution in [0.15, 0.2) is 47.2 Å². The molecule has 30 heavy (non-hydrogen) atoms. The summed E-state index contributed by atoms with van der Waals surface area (Å²) in [5.41, 5.74) is 1.02. The monoisotopic (exact) mass is 403 g/mol. The van der Waals surface area contributed by atoms with Crippen molar-refractivity contribution < 1.29 is 9.32 Å². The molecule has 1 fully saturated rings. The van der Waals surface area contributed by atoms with Crippen molar-refractivity contribution in [2.45, 2.75) is 32.2 Å². The maximum absolute atomic E-state index is 13.1. The van der Waals surface area contributed by atoms with E-state index in [1.165, 1.54) is 0 Å². The molecule has 4 aromatic rings. The first-order chi connectivity index (χ1) is 14.6. The molecular formula is C21H21N7O2. The lowest BCUT2D eigenvalue weighted by Crippen LogP contribution is -2.30. The normalized spacial score (nSPS) is 16.6. The molecule has 0 bridgehead atoms. The van der Waals surface area contributed by atoms with Crippen LogP contribution in [0.3, 0.4) is 0 Å². The Bertz CT molecular complexity index is 1210. The van der Waals surface area contributed by atoms with Crippen LogP contribution in [0, 0.1) is 0 Å². The van der Waals surface area contributed by atoms with Crippen molar-refractivity contribution >= 4 is 16.7 Å². The van der Waals surface area contributed by atoms with E-state index in [-0.39, 0.29) is 17.9 Å². The summed E-state index contributed by atoms with van der Waals surface area (Å²) < 4.78 is 7.07. The molecule has 1 aliphatic rings. The molecule has 0 radical (unpaired) electrons. The molecule has 9 heteroatoms. The number of carbonyl (C=O) groups is 1. The minimum atomic E-state index is -0.0619. The number of amides is 1. The fraction of sp³-hybridized carbons (Fsp3) is 0.333. The van der Waals surface area contributed by atoms with Crippen LogP contribution in [0.4, 0.5) is 0 Å². The molecule has 9 nitrogen and oxygen atoms in total. The number of carbonyl (C=O) groups excluding carboxylic acids is 1. The topological polar surface area (TPSA) is 103 Å². The van der Waals surface area contributed by atoms with E-state index in [1.54, 1.807) is 17.1 Å². The first-order valence-corrected chi connectivity index (χ1v) is 9.99. The Kier molecular flexibility index (Phi) is 4.50. The zero-order chi connectivity index (χ0) is 20.7. The van der Waals surface area contributed by atoms with Gasteiger partial charge in [0.2, 0.25) is 0 Å². The summed E-state index contributed by atoms with van der Waals surface area (Å²) in [6.45, 7) is 5.19. The van der Waals surface area contributed by atoms with Crippen molar-refractivity contribution in [2.24, 2.45) is 0 Å². The predicted octanol–water partition coefficient (Wildman–Crippen LogP) is 3.09. The van der Waals surface area contributed by atoms with Gasteiger partial charge in [-0.25, -0.2) is 4.68 Å². The molecule has 1 saturated heterocycles. The molecule has 5 rings (SSSR count). The minimum Gasteiger partial charge on any atom is -0.335 e. The number of nitrogens with zero attached hydrogens (tertiary/aromatic N) is 7. The summed E-state index contributed by atoms with van der Waals surface area (Å²) in [5.74, 6) is 1.11. The summed E-state index contributed by atoms with van der Waals surface area (Å²) in [7, 11) is 0. The Morgan fingerprint density at radius 2 is 2.10 bits per heavy atom. The number of benzene rings is 1. The first kappa shape index (κ1) is 18.4. The van der Waals surface area contributed by atoms with Gasteiger partial charge in [0.25, 0.3) is 11.8 Å². The molecule has 1 atom stereocenters. The molecule has 1 aliphatic heterocycles. The number of pyridine rings is 1. The molecule has 1 aromatic carbocycles. The number of hydrogen-bond donors (Lipinski definition) is 0. The standard InChI is InChI=1S/C21H21N7O2/c1-13(2)19-23-20(30-25-19)17-12-28(26-24-17)15-8-10-27(11-15)21(29)18-16-6-4-3-5-14(16)7-9-22-18/h3-7,9,12-13,15H,8,10-11H2,1-2H3. The van der Waals surface area contributed by atoms with Gasteiger partial charge in [0.1, 0.15) is 5.69 Å². The Morgan fingerprint density at radius 3 is 2.93 bits per heavy atom. The number of hydrogen-bond acceptors (Lipinski definition) is 7. The number of fused-ring (bicyclic) bond motifs is 1.